The van der Waals surface area contributed by atoms with Crippen LogP contribution < -0.4 is 4.57 Å². The average molecular weight is 448 g/mol. The molecule has 0 spiro atoms. The fourth-order valence-electron chi connectivity index (χ4n) is 5.27. The molecule has 0 aliphatic carbocycles. The second kappa shape index (κ2) is 7.66. The summed E-state index contributed by atoms with van der Waals surface area (Å²) in [6.45, 7) is 7.99. The zero-order chi connectivity index (χ0) is 25.4. The summed E-state index contributed by atoms with van der Waals surface area (Å²) in [6.07, 6.45) is -1.43. The van der Waals surface area contributed by atoms with Crippen LogP contribution in [0, 0.1) is 19.8 Å². The van der Waals surface area contributed by atoms with Crippen LogP contribution in [0.3, 0.4) is 0 Å². The third kappa shape index (κ3) is 3.03. The van der Waals surface area contributed by atoms with Gasteiger partial charge in [-0.05, 0) is 66.2 Å². The third-order valence-corrected chi connectivity index (χ3v) is 6.81. The van der Waals surface area contributed by atoms with Crippen LogP contribution >= 0.6 is 0 Å². The molecule has 3 heteroatoms. The molecule has 0 amide bonds. The standard InChI is InChI=1S/C31H29N2O/c1-18(2)17-21-9-8-12-26-23(21)15-16-27(33(26)5)28-20(4)22-10-6-7-11-24(22)29-25-14-13-19(3)32-31(25)34-30(28)29/h6-16,18H,17H2,1-5H3/q+1/i17D2. The van der Waals surface area contributed by atoms with Crippen LogP contribution in [0.5, 0.6) is 0 Å². The van der Waals surface area contributed by atoms with E-state index in [2.05, 4.69) is 67.1 Å². The number of hydrogen-bond donors (Lipinski definition) is 0. The lowest BCUT2D eigenvalue weighted by Gasteiger charge is -2.13. The number of fused-ring (bicyclic) bond motifs is 6. The number of pyridine rings is 2. The van der Waals surface area contributed by atoms with Crippen molar-refractivity contribution in [3.63, 3.8) is 0 Å². The van der Waals surface area contributed by atoms with Crippen LogP contribution in [-0.2, 0) is 13.4 Å². The lowest BCUT2D eigenvalue weighted by molar-refractivity contribution is -0.633. The van der Waals surface area contributed by atoms with Crippen molar-refractivity contribution in [2.45, 2.75) is 34.1 Å². The highest BCUT2D eigenvalue weighted by molar-refractivity contribution is 6.23. The van der Waals surface area contributed by atoms with Crippen LogP contribution in [0.25, 0.3) is 55.0 Å². The minimum Gasteiger partial charge on any atom is -0.437 e. The average Bonchev–Trinajstić information content (AvgIpc) is 3.23. The molecule has 34 heavy (non-hydrogen) atoms. The molecule has 0 saturated heterocycles. The molecule has 3 heterocycles. The predicted octanol–water partition coefficient (Wildman–Crippen LogP) is 7.59. The Kier molecular flexibility index (Phi) is 4.21. The van der Waals surface area contributed by atoms with E-state index in [0.717, 1.165) is 60.7 Å². The van der Waals surface area contributed by atoms with Crippen LogP contribution in [0.1, 0.15) is 33.4 Å². The van der Waals surface area contributed by atoms with E-state index in [9.17, 15) is 0 Å². The van der Waals surface area contributed by atoms with Gasteiger partial charge in [0, 0.05) is 36.7 Å². The van der Waals surface area contributed by atoms with Crippen molar-refractivity contribution in [2.75, 3.05) is 0 Å². The lowest BCUT2D eigenvalue weighted by atomic mass is 9.92. The smallest absolute Gasteiger partial charge is 0.227 e. The van der Waals surface area contributed by atoms with Gasteiger partial charge in [-0.25, -0.2) is 4.98 Å². The predicted molar refractivity (Wildman–Crippen MR) is 141 cm³/mol. The van der Waals surface area contributed by atoms with Crippen molar-refractivity contribution in [3.05, 3.63) is 83.6 Å². The highest BCUT2D eigenvalue weighted by Gasteiger charge is 2.25. The summed E-state index contributed by atoms with van der Waals surface area (Å²) in [5.41, 5.74) is 7.33. The summed E-state index contributed by atoms with van der Waals surface area (Å²) in [4.78, 5) is 4.70. The Hall–Kier alpha value is -3.72. The van der Waals surface area contributed by atoms with E-state index in [1.165, 1.54) is 5.39 Å². The molecular weight excluding hydrogens is 416 g/mol. The first kappa shape index (κ1) is 18.7. The van der Waals surface area contributed by atoms with Crippen LogP contribution in [0.15, 0.2) is 71.1 Å². The number of hydrogen-bond acceptors (Lipinski definition) is 2. The molecule has 168 valence electrons. The summed E-state index contributed by atoms with van der Waals surface area (Å²) < 4.78 is 26.1. The van der Waals surface area contributed by atoms with Gasteiger partial charge < -0.3 is 4.42 Å². The molecule has 0 unspecified atom stereocenters. The monoisotopic (exact) mass is 447 g/mol. The van der Waals surface area contributed by atoms with Gasteiger partial charge >= 0.3 is 0 Å². The third-order valence-electron chi connectivity index (χ3n) is 6.81. The Morgan fingerprint density at radius 2 is 1.65 bits per heavy atom. The summed E-state index contributed by atoms with van der Waals surface area (Å²) >= 11 is 0. The van der Waals surface area contributed by atoms with Gasteiger partial charge in [0.25, 0.3) is 0 Å². The minimum absolute atomic E-state index is 0.137. The molecule has 0 saturated carbocycles. The van der Waals surface area contributed by atoms with Crippen molar-refractivity contribution in [3.8, 4) is 11.3 Å². The molecule has 0 aliphatic heterocycles. The van der Waals surface area contributed by atoms with Gasteiger partial charge in [0.05, 0.1) is 5.56 Å². The number of furan rings is 1. The first-order chi connectivity index (χ1) is 17.2. The van der Waals surface area contributed by atoms with Gasteiger partial charge in [-0.3, -0.25) is 0 Å². The van der Waals surface area contributed by atoms with Crippen LogP contribution in [-0.4, -0.2) is 4.98 Å². The van der Waals surface area contributed by atoms with Crippen molar-refractivity contribution in [2.24, 2.45) is 13.0 Å². The Bertz CT molecular complexity index is 1830. The van der Waals surface area contributed by atoms with E-state index in [0.29, 0.717) is 5.71 Å². The number of aryl methyl sites for hydroxylation is 3. The van der Waals surface area contributed by atoms with Gasteiger partial charge in [0.15, 0.2) is 5.58 Å². The van der Waals surface area contributed by atoms with Gasteiger partial charge in [-0.2, -0.15) is 4.57 Å². The highest BCUT2D eigenvalue weighted by Crippen LogP contribution is 2.42. The summed E-state index contributed by atoms with van der Waals surface area (Å²) in [7, 11) is 2.05. The topological polar surface area (TPSA) is 29.9 Å². The van der Waals surface area contributed by atoms with Crippen molar-refractivity contribution in [1.82, 2.24) is 4.98 Å². The zero-order valence-corrected chi connectivity index (χ0v) is 20.2. The maximum Gasteiger partial charge on any atom is 0.227 e. The number of benzene rings is 3. The second-order valence-electron chi connectivity index (χ2n) is 9.47. The number of aromatic nitrogens is 2. The summed E-state index contributed by atoms with van der Waals surface area (Å²) in [6, 6.07) is 22.7. The molecule has 0 aliphatic rings. The van der Waals surface area contributed by atoms with Gasteiger partial charge in [0.2, 0.25) is 16.9 Å². The normalized spacial score (nSPS) is 13.4. The van der Waals surface area contributed by atoms with E-state index < -0.39 is 6.37 Å². The molecule has 6 rings (SSSR count). The van der Waals surface area contributed by atoms with E-state index in [4.69, 9.17) is 12.1 Å². The van der Waals surface area contributed by atoms with Crippen molar-refractivity contribution >= 4 is 43.7 Å². The Morgan fingerprint density at radius 1 is 0.882 bits per heavy atom. The van der Waals surface area contributed by atoms with Crippen molar-refractivity contribution in [1.29, 1.82) is 0 Å². The fraction of sp³-hybridized carbons (Fsp3) is 0.226. The zero-order valence-electron chi connectivity index (χ0n) is 22.2. The van der Waals surface area contributed by atoms with Crippen molar-refractivity contribution < 1.29 is 11.7 Å². The number of nitrogens with zero attached hydrogens (tertiary/aromatic N) is 2. The lowest BCUT2D eigenvalue weighted by Crippen LogP contribution is -2.32. The Morgan fingerprint density at radius 3 is 2.44 bits per heavy atom. The van der Waals surface area contributed by atoms with E-state index >= 15 is 0 Å². The fourth-order valence-corrected chi connectivity index (χ4v) is 5.27. The molecule has 6 aromatic rings. The highest BCUT2D eigenvalue weighted by atomic mass is 16.3. The molecule has 3 aromatic carbocycles. The van der Waals surface area contributed by atoms with Gasteiger partial charge in [0.1, 0.15) is 7.05 Å². The molecule has 0 fully saturated rings. The molecule has 3 nitrogen and oxygen atoms in total. The first-order valence-electron chi connectivity index (χ1n) is 12.8. The SMILES string of the molecule is [2H]C([2H])(c1cccc2c1ccc(-c1c(C)c3ccccc3c3c1oc1nc(C)ccc13)[n+]2C)C(C)C. The summed E-state index contributed by atoms with van der Waals surface area (Å²) in [5.74, 6) is -0.137. The molecule has 0 atom stereocenters. The largest absolute Gasteiger partial charge is 0.437 e. The van der Waals surface area contributed by atoms with Gasteiger partial charge in [-0.15, -0.1) is 0 Å². The van der Waals surface area contributed by atoms with Gasteiger partial charge in [-0.1, -0.05) is 50.2 Å². The molecule has 0 radical (unpaired) electrons. The Balaban J connectivity index is 1.74. The molecular formula is C31H29N2O+. The maximum atomic E-state index is 8.74. The van der Waals surface area contributed by atoms with Crippen LogP contribution in [0.4, 0.5) is 0 Å². The summed E-state index contributed by atoms with van der Waals surface area (Å²) in [5, 5.41) is 5.38. The molecule has 3 aromatic heterocycles. The quantitative estimate of drug-likeness (QED) is 0.262. The second-order valence-corrected chi connectivity index (χ2v) is 9.47. The first-order valence-corrected chi connectivity index (χ1v) is 11.8. The molecule has 0 N–H and O–H groups in total. The van der Waals surface area contributed by atoms with Crippen LogP contribution in [0.2, 0.25) is 0 Å². The van der Waals surface area contributed by atoms with E-state index in [1.54, 1.807) is 0 Å². The maximum absolute atomic E-state index is 8.74. The Labute approximate surface area is 202 Å². The van der Waals surface area contributed by atoms with E-state index in [1.807, 2.05) is 39.0 Å². The number of rotatable bonds is 3. The minimum atomic E-state index is -1.43. The van der Waals surface area contributed by atoms with E-state index in [-0.39, 0.29) is 5.92 Å². The molecule has 0 bridgehead atoms.